The van der Waals surface area contributed by atoms with Gasteiger partial charge in [-0.15, -0.1) is 0 Å². The molecule has 0 aliphatic heterocycles. The fourth-order valence-electron chi connectivity index (χ4n) is 2.07. The molecule has 3 aromatic rings. The molecule has 5 nitrogen and oxygen atoms in total. The van der Waals surface area contributed by atoms with Gasteiger partial charge in [0.2, 0.25) is 0 Å². The number of aromatic nitrogens is 2. The average molecular weight is 281 g/mol. The maximum atomic E-state index is 5.24. The van der Waals surface area contributed by atoms with Crippen LogP contribution in [0.15, 0.2) is 53.9 Å². The second kappa shape index (κ2) is 5.66. The summed E-state index contributed by atoms with van der Waals surface area (Å²) in [5.41, 5.74) is 2.77. The van der Waals surface area contributed by atoms with Crippen LogP contribution >= 0.6 is 0 Å². The Kier molecular flexibility index (Phi) is 3.55. The summed E-state index contributed by atoms with van der Waals surface area (Å²) in [6.45, 7) is 0. The van der Waals surface area contributed by atoms with E-state index in [0.717, 1.165) is 28.1 Å². The van der Waals surface area contributed by atoms with Gasteiger partial charge in [-0.25, -0.2) is 9.66 Å². The van der Waals surface area contributed by atoms with Crippen LogP contribution in [0.2, 0.25) is 0 Å². The van der Waals surface area contributed by atoms with Crippen molar-refractivity contribution >= 4 is 17.2 Å². The van der Waals surface area contributed by atoms with Crippen LogP contribution in [0, 0.1) is 0 Å². The summed E-state index contributed by atoms with van der Waals surface area (Å²) in [6, 6.07) is 13.5. The van der Waals surface area contributed by atoms with Gasteiger partial charge >= 0.3 is 0 Å². The first-order chi connectivity index (χ1) is 10.3. The van der Waals surface area contributed by atoms with Gasteiger partial charge in [-0.3, -0.25) is 0 Å². The third-order valence-electron chi connectivity index (χ3n) is 3.14. The van der Waals surface area contributed by atoms with Crippen molar-refractivity contribution in [3.63, 3.8) is 0 Å². The average Bonchev–Trinajstić information content (AvgIpc) is 2.95. The van der Waals surface area contributed by atoms with E-state index in [1.807, 2.05) is 42.5 Å². The summed E-state index contributed by atoms with van der Waals surface area (Å²) < 4.78 is 12.2. The monoisotopic (exact) mass is 281 g/mol. The highest BCUT2D eigenvalue weighted by Crippen LogP contribution is 2.21. The molecule has 0 saturated heterocycles. The minimum atomic E-state index is 0.728. The molecule has 1 heterocycles. The van der Waals surface area contributed by atoms with Gasteiger partial charge in [0.15, 0.2) is 0 Å². The Hall–Kier alpha value is -2.82. The van der Waals surface area contributed by atoms with Crippen LogP contribution in [0.1, 0.15) is 5.56 Å². The highest BCUT2D eigenvalue weighted by atomic mass is 16.5. The van der Waals surface area contributed by atoms with Crippen LogP contribution in [0.5, 0.6) is 11.5 Å². The molecule has 0 aliphatic carbocycles. The molecule has 0 spiro atoms. The lowest BCUT2D eigenvalue weighted by molar-refractivity contribution is 0.394. The lowest BCUT2D eigenvalue weighted by Gasteiger charge is -2.05. The Labute approximate surface area is 122 Å². The topological polar surface area (TPSA) is 48.6 Å². The summed E-state index contributed by atoms with van der Waals surface area (Å²) >= 11 is 0. The van der Waals surface area contributed by atoms with Gasteiger partial charge in [0, 0.05) is 11.6 Å². The fraction of sp³-hybridized carbons (Fsp3) is 0.125. The Morgan fingerprint density at radius 3 is 2.48 bits per heavy atom. The summed E-state index contributed by atoms with van der Waals surface area (Å²) in [7, 11) is 3.25. The van der Waals surface area contributed by atoms with Gasteiger partial charge in [-0.2, -0.15) is 5.10 Å². The zero-order valence-corrected chi connectivity index (χ0v) is 11.9. The number of methoxy groups -OCH3 is 2. The van der Waals surface area contributed by atoms with E-state index in [9.17, 15) is 0 Å². The lowest BCUT2D eigenvalue weighted by Crippen LogP contribution is -1.92. The molecule has 0 N–H and O–H groups in total. The molecule has 0 bridgehead atoms. The molecule has 2 aromatic carbocycles. The summed E-state index contributed by atoms with van der Waals surface area (Å²) in [6.07, 6.45) is 3.44. The molecule has 21 heavy (non-hydrogen) atoms. The van der Waals surface area contributed by atoms with E-state index in [1.54, 1.807) is 31.4 Å². The van der Waals surface area contributed by atoms with Crippen molar-refractivity contribution in [3.05, 3.63) is 54.4 Å². The van der Waals surface area contributed by atoms with Crippen molar-refractivity contribution in [1.29, 1.82) is 0 Å². The van der Waals surface area contributed by atoms with Crippen LogP contribution in [0.25, 0.3) is 11.0 Å². The number of fused-ring (bicyclic) bond motifs is 1. The van der Waals surface area contributed by atoms with Gasteiger partial charge in [0.05, 0.1) is 31.5 Å². The van der Waals surface area contributed by atoms with Crippen LogP contribution in [-0.4, -0.2) is 30.1 Å². The van der Waals surface area contributed by atoms with Crippen molar-refractivity contribution in [2.45, 2.75) is 0 Å². The zero-order chi connectivity index (χ0) is 14.7. The Morgan fingerprint density at radius 1 is 1.05 bits per heavy atom. The standard InChI is InChI=1S/C16H15N3O2/c1-20-13-7-12(8-14(9-13)21-2)10-18-19-11-17-15-5-3-4-6-16(15)19/h3-11H,1-2H3/b18-10-. The zero-order valence-electron chi connectivity index (χ0n) is 11.9. The molecule has 0 radical (unpaired) electrons. The highest BCUT2D eigenvalue weighted by Gasteiger charge is 2.01. The summed E-state index contributed by atoms with van der Waals surface area (Å²) in [5.74, 6) is 1.46. The maximum Gasteiger partial charge on any atom is 0.123 e. The third-order valence-corrected chi connectivity index (χ3v) is 3.14. The predicted molar refractivity (Wildman–Crippen MR) is 82.3 cm³/mol. The van der Waals surface area contributed by atoms with E-state index < -0.39 is 0 Å². The molecule has 0 saturated carbocycles. The number of ether oxygens (including phenoxy) is 2. The number of hydrogen-bond acceptors (Lipinski definition) is 4. The quantitative estimate of drug-likeness (QED) is 0.691. The van der Waals surface area contributed by atoms with Gasteiger partial charge in [-0.05, 0) is 24.3 Å². The van der Waals surface area contributed by atoms with Crippen LogP contribution in [-0.2, 0) is 0 Å². The molecule has 1 aromatic heterocycles. The number of imidazole rings is 1. The summed E-state index contributed by atoms with van der Waals surface area (Å²) in [5, 5.41) is 4.43. The molecule has 106 valence electrons. The Bertz CT molecular complexity index is 771. The minimum Gasteiger partial charge on any atom is -0.497 e. The summed E-state index contributed by atoms with van der Waals surface area (Å²) in [4.78, 5) is 4.30. The van der Waals surface area contributed by atoms with Crippen molar-refractivity contribution in [1.82, 2.24) is 9.66 Å². The second-order valence-corrected chi connectivity index (χ2v) is 4.47. The van der Waals surface area contributed by atoms with E-state index >= 15 is 0 Å². The SMILES string of the molecule is COc1cc(/C=N\n2cnc3ccccc32)cc(OC)c1. The number of nitrogens with zero attached hydrogens (tertiary/aromatic N) is 3. The van der Waals surface area contributed by atoms with E-state index in [-0.39, 0.29) is 0 Å². The predicted octanol–water partition coefficient (Wildman–Crippen LogP) is 2.94. The number of para-hydroxylation sites is 2. The molecule has 0 unspecified atom stereocenters. The van der Waals surface area contributed by atoms with Crippen LogP contribution < -0.4 is 9.47 Å². The first-order valence-electron chi connectivity index (χ1n) is 6.49. The molecule has 0 amide bonds. The Balaban J connectivity index is 1.95. The molecule has 0 atom stereocenters. The van der Waals surface area contributed by atoms with Crippen LogP contribution in [0.4, 0.5) is 0 Å². The van der Waals surface area contributed by atoms with Gasteiger partial charge in [-0.1, -0.05) is 12.1 Å². The smallest absolute Gasteiger partial charge is 0.123 e. The molecule has 0 aliphatic rings. The number of benzene rings is 2. The number of hydrogen-bond donors (Lipinski definition) is 0. The molecular weight excluding hydrogens is 266 g/mol. The van der Waals surface area contributed by atoms with E-state index in [0.29, 0.717) is 0 Å². The molecule has 5 heteroatoms. The first-order valence-corrected chi connectivity index (χ1v) is 6.49. The second-order valence-electron chi connectivity index (χ2n) is 4.47. The van der Waals surface area contributed by atoms with E-state index in [4.69, 9.17) is 9.47 Å². The maximum absolute atomic E-state index is 5.24. The highest BCUT2D eigenvalue weighted by molar-refractivity contribution is 5.82. The van der Waals surface area contributed by atoms with Crippen LogP contribution in [0.3, 0.4) is 0 Å². The van der Waals surface area contributed by atoms with E-state index in [2.05, 4.69) is 10.1 Å². The van der Waals surface area contributed by atoms with Crippen molar-refractivity contribution < 1.29 is 9.47 Å². The largest absolute Gasteiger partial charge is 0.497 e. The number of rotatable bonds is 4. The van der Waals surface area contributed by atoms with E-state index in [1.165, 1.54) is 0 Å². The fourth-order valence-corrected chi connectivity index (χ4v) is 2.07. The van der Waals surface area contributed by atoms with Crippen molar-refractivity contribution in [2.24, 2.45) is 5.10 Å². The molecule has 0 fully saturated rings. The van der Waals surface area contributed by atoms with Crippen molar-refractivity contribution in [3.8, 4) is 11.5 Å². The first kappa shape index (κ1) is 13.2. The molecule has 3 rings (SSSR count). The third kappa shape index (κ3) is 2.72. The molecular formula is C16H15N3O2. The van der Waals surface area contributed by atoms with Crippen molar-refractivity contribution in [2.75, 3.05) is 14.2 Å². The Morgan fingerprint density at radius 2 is 1.76 bits per heavy atom. The normalized spacial score (nSPS) is 11.1. The van der Waals surface area contributed by atoms with Gasteiger partial charge in [0.25, 0.3) is 0 Å². The minimum absolute atomic E-state index is 0.728. The van der Waals surface area contributed by atoms with Gasteiger partial charge < -0.3 is 9.47 Å². The van der Waals surface area contributed by atoms with Gasteiger partial charge in [0.1, 0.15) is 17.8 Å². The lowest BCUT2D eigenvalue weighted by atomic mass is 10.2.